The van der Waals surface area contributed by atoms with E-state index in [0.717, 1.165) is 42.4 Å². The molecule has 1 aliphatic heterocycles. The summed E-state index contributed by atoms with van der Waals surface area (Å²) in [7, 11) is 0. The van der Waals surface area contributed by atoms with Crippen LogP contribution in [0.15, 0.2) is 77.7 Å². The first-order valence-corrected chi connectivity index (χ1v) is 11.2. The van der Waals surface area contributed by atoms with E-state index in [9.17, 15) is 4.79 Å². The van der Waals surface area contributed by atoms with Gasteiger partial charge in [-0.2, -0.15) is 0 Å². The number of hydrogen-bond acceptors (Lipinski definition) is 4. The van der Waals surface area contributed by atoms with Gasteiger partial charge in [-0.15, -0.1) is 6.58 Å². The van der Waals surface area contributed by atoms with Crippen LogP contribution in [0, 0.1) is 0 Å². The monoisotopic (exact) mass is 450 g/mol. The van der Waals surface area contributed by atoms with Crippen LogP contribution in [0.3, 0.4) is 0 Å². The Morgan fingerprint density at radius 3 is 2.53 bits per heavy atom. The van der Waals surface area contributed by atoms with Crippen LogP contribution in [-0.4, -0.2) is 41.9 Å². The quantitative estimate of drug-likeness (QED) is 0.442. The molecule has 32 heavy (non-hydrogen) atoms. The molecule has 166 valence electrons. The Hall–Kier alpha value is -3.02. The number of furan rings is 1. The molecule has 5 nitrogen and oxygen atoms in total. The summed E-state index contributed by atoms with van der Waals surface area (Å²) < 4.78 is 11.7. The molecule has 4 rings (SSSR count). The normalized spacial score (nSPS) is 14.3. The van der Waals surface area contributed by atoms with E-state index in [-0.39, 0.29) is 12.5 Å². The third-order valence-corrected chi connectivity index (χ3v) is 5.81. The predicted octanol–water partition coefficient (Wildman–Crippen LogP) is 5.20. The van der Waals surface area contributed by atoms with Gasteiger partial charge in [0.05, 0.1) is 0 Å². The Kier molecular flexibility index (Phi) is 7.30. The molecular weight excluding hydrogens is 424 g/mol. The van der Waals surface area contributed by atoms with Crippen LogP contribution in [0.5, 0.6) is 5.75 Å². The van der Waals surface area contributed by atoms with Gasteiger partial charge in [0.25, 0.3) is 5.91 Å². The van der Waals surface area contributed by atoms with Crippen LogP contribution in [0.4, 0.5) is 0 Å². The maximum absolute atomic E-state index is 12.9. The summed E-state index contributed by atoms with van der Waals surface area (Å²) in [4.78, 5) is 17.1. The van der Waals surface area contributed by atoms with E-state index in [4.69, 9.17) is 20.8 Å². The molecule has 0 atom stereocenters. The van der Waals surface area contributed by atoms with E-state index in [0.29, 0.717) is 24.6 Å². The summed E-state index contributed by atoms with van der Waals surface area (Å²) in [5.74, 6) is 1.71. The van der Waals surface area contributed by atoms with Crippen molar-refractivity contribution in [3.05, 3.63) is 101 Å². The standard InChI is InChI=1S/C26H27ClN2O3/c1-2-5-21-6-3-4-7-24(21)31-19-23-12-13-25(32-23)26(30)29-16-14-28(15-17-29)18-20-8-10-22(27)11-9-20/h2-4,6-13H,1,5,14-19H2. The van der Waals surface area contributed by atoms with Crippen LogP contribution in [0.2, 0.25) is 5.02 Å². The minimum atomic E-state index is -0.0746. The molecule has 1 aromatic heterocycles. The maximum Gasteiger partial charge on any atom is 0.289 e. The van der Waals surface area contributed by atoms with Crippen LogP contribution in [0.1, 0.15) is 27.4 Å². The third kappa shape index (κ3) is 5.61. The molecule has 1 saturated heterocycles. The van der Waals surface area contributed by atoms with Gasteiger partial charge in [-0.1, -0.05) is 48.0 Å². The van der Waals surface area contributed by atoms with Crippen molar-refractivity contribution in [3.63, 3.8) is 0 Å². The highest BCUT2D eigenvalue weighted by Gasteiger charge is 2.24. The number of benzene rings is 2. The van der Waals surface area contributed by atoms with E-state index in [1.54, 1.807) is 12.1 Å². The molecule has 3 aromatic rings. The van der Waals surface area contributed by atoms with E-state index in [2.05, 4.69) is 11.5 Å². The SMILES string of the molecule is C=CCc1ccccc1OCc1ccc(C(=O)N2CCN(Cc3ccc(Cl)cc3)CC2)o1. The van der Waals surface area contributed by atoms with Crippen molar-refractivity contribution in [2.45, 2.75) is 19.6 Å². The number of carbonyl (C=O) groups excluding carboxylic acids is 1. The lowest BCUT2D eigenvalue weighted by Gasteiger charge is -2.34. The van der Waals surface area contributed by atoms with Gasteiger partial charge in [0.15, 0.2) is 5.76 Å². The van der Waals surface area contributed by atoms with Gasteiger partial charge in [0, 0.05) is 37.7 Å². The van der Waals surface area contributed by atoms with Gasteiger partial charge in [0.2, 0.25) is 0 Å². The summed E-state index contributed by atoms with van der Waals surface area (Å²) in [6, 6.07) is 19.3. The number of piperazine rings is 1. The second-order valence-corrected chi connectivity index (χ2v) is 8.29. The summed E-state index contributed by atoms with van der Waals surface area (Å²) >= 11 is 5.96. The third-order valence-electron chi connectivity index (χ3n) is 5.56. The highest BCUT2D eigenvalue weighted by atomic mass is 35.5. The second kappa shape index (κ2) is 10.5. The van der Waals surface area contributed by atoms with Crippen LogP contribution in [-0.2, 0) is 19.6 Å². The van der Waals surface area contributed by atoms with Gasteiger partial charge < -0.3 is 14.1 Å². The van der Waals surface area contributed by atoms with E-state index >= 15 is 0 Å². The Balaban J connectivity index is 1.28. The Bertz CT molecular complexity index is 1050. The molecule has 1 aliphatic rings. The summed E-state index contributed by atoms with van der Waals surface area (Å²) in [5, 5.41) is 0.744. The first-order valence-electron chi connectivity index (χ1n) is 10.8. The number of nitrogens with zero attached hydrogens (tertiary/aromatic N) is 2. The van der Waals surface area contributed by atoms with Crippen LogP contribution < -0.4 is 4.74 Å². The Morgan fingerprint density at radius 1 is 1.03 bits per heavy atom. The maximum atomic E-state index is 12.9. The molecule has 1 amide bonds. The van der Waals surface area contributed by atoms with Gasteiger partial charge >= 0.3 is 0 Å². The van der Waals surface area contributed by atoms with Crippen LogP contribution >= 0.6 is 11.6 Å². The second-order valence-electron chi connectivity index (χ2n) is 7.85. The lowest BCUT2D eigenvalue weighted by molar-refractivity contribution is 0.0594. The summed E-state index contributed by atoms with van der Waals surface area (Å²) in [6.07, 6.45) is 2.59. The van der Waals surface area contributed by atoms with Crippen molar-refractivity contribution in [2.24, 2.45) is 0 Å². The summed E-state index contributed by atoms with van der Waals surface area (Å²) in [6.45, 7) is 7.92. The van der Waals surface area contributed by atoms with E-state index in [1.807, 2.05) is 59.5 Å². The fraction of sp³-hybridized carbons (Fsp3) is 0.269. The fourth-order valence-corrected chi connectivity index (χ4v) is 3.93. The zero-order chi connectivity index (χ0) is 22.3. The van der Waals surface area contributed by atoms with Crippen molar-refractivity contribution in [1.82, 2.24) is 9.80 Å². The molecule has 0 unspecified atom stereocenters. The average molecular weight is 451 g/mol. The molecule has 2 heterocycles. The Labute approximate surface area is 193 Å². The number of rotatable bonds is 8. The van der Waals surface area contributed by atoms with Crippen molar-refractivity contribution in [3.8, 4) is 5.75 Å². The number of halogens is 1. The number of para-hydroxylation sites is 1. The van der Waals surface area contributed by atoms with Crippen molar-refractivity contribution in [1.29, 1.82) is 0 Å². The average Bonchev–Trinajstić information content (AvgIpc) is 3.29. The van der Waals surface area contributed by atoms with Crippen LogP contribution in [0.25, 0.3) is 0 Å². The zero-order valence-electron chi connectivity index (χ0n) is 18.0. The number of ether oxygens (including phenoxy) is 1. The molecule has 6 heteroatoms. The number of hydrogen-bond donors (Lipinski definition) is 0. The minimum Gasteiger partial charge on any atom is -0.485 e. The van der Waals surface area contributed by atoms with Crippen molar-refractivity contribution < 1.29 is 13.9 Å². The zero-order valence-corrected chi connectivity index (χ0v) is 18.8. The largest absolute Gasteiger partial charge is 0.485 e. The molecule has 0 aliphatic carbocycles. The molecule has 0 saturated carbocycles. The molecular formula is C26H27ClN2O3. The van der Waals surface area contributed by atoms with Crippen molar-refractivity contribution >= 4 is 17.5 Å². The predicted molar refractivity (Wildman–Crippen MR) is 126 cm³/mol. The van der Waals surface area contributed by atoms with Gasteiger partial charge in [-0.3, -0.25) is 9.69 Å². The smallest absolute Gasteiger partial charge is 0.289 e. The first-order chi connectivity index (χ1) is 15.6. The van der Waals surface area contributed by atoms with E-state index < -0.39 is 0 Å². The molecule has 0 N–H and O–H groups in total. The first kappa shape index (κ1) is 22.2. The number of allylic oxidation sites excluding steroid dienone is 1. The van der Waals surface area contributed by atoms with E-state index in [1.165, 1.54) is 5.56 Å². The summed E-state index contributed by atoms with van der Waals surface area (Å²) in [5.41, 5.74) is 2.29. The van der Waals surface area contributed by atoms with Gasteiger partial charge in [0.1, 0.15) is 18.1 Å². The van der Waals surface area contributed by atoms with Gasteiger partial charge in [-0.25, -0.2) is 0 Å². The highest BCUT2D eigenvalue weighted by molar-refractivity contribution is 6.30. The Morgan fingerprint density at radius 2 is 1.78 bits per heavy atom. The van der Waals surface area contributed by atoms with Crippen molar-refractivity contribution in [2.75, 3.05) is 26.2 Å². The number of carbonyl (C=O) groups is 1. The molecule has 0 bridgehead atoms. The van der Waals surface area contributed by atoms with Gasteiger partial charge in [-0.05, 0) is 47.9 Å². The highest BCUT2D eigenvalue weighted by Crippen LogP contribution is 2.21. The molecule has 1 fully saturated rings. The number of amides is 1. The lowest BCUT2D eigenvalue weighted by atomic mass is 10.1. The molecule has 0 spiro atoms. The fourth-order valence-electron chi connectivity index (χ4n) is 3.80. The lowest BCUT2D eigenvalue weighted by Crippen LogP contribution is -2.48. The topological polar surface area (TPSA) is 45.9 Å². The minimum absolute atomic E-state index is 0.0746. The molecule has 0 radical (unpaired) electrons. The molecule has 2 aromatic carbocycles.